The number of anilines is 3. The average Bonchev–Trinajstić information content (AvgIpc) is 2.77. The highest BCUT2D eigenvalue weighted by Gasteiger charge is 2.33. The number of hydrogen-bond donors (Lipinski definition) is 1. The van der Waals surface area contributed by atoms with Crippen molar-refractivity contribution in [3.05, 3.63) is 83.4 Å². The molecular weight excluding hydrogens is 438 g/mol. The van der Waals surface area contributed by atoms with Crippen LogP contribution < -0.4 is 14.5 Å². The maximum absolute atomic E-state index is 13.7. The summed E-state index contributed by atoms with van der Waals surface area (Å²) in [5.41, 5.74) is 4.12. The van der Waals surface area contributed by atoms with Gasteiger partial charge in [0.1, 0.15) is 13.1 Å². The molecular formula is C25H25N3O4S. The van der Waals surface area contributed by atoms with E-state index >= 15 is 0 Å². The molecule has 3 aromatic rings. The fourth-order valence-corrected chi connectivity index (χ4v) is 5.36. The van der Waals surface area contributed by atoms with Crippen LogP contribution in [0.4, 0.5) is 17.1 Å². The first-order valence-corrected chi connectivity index (χ1v) is 12.0. The molecule has 0 aromatic heterocycles. The Morgan fingerprint density at radius 3 is 2.33 bits per heavy atom. The van der Waals surface area contributed by atoms with E-state index in [1.807, 2.05) is 32.9 Å². The maximum Gasteiger partial charge on any atom is 0.264 e. The van der Waals surface area contributed by atoms with Gasteiger partial charge in [0.2, 0.25) is 11.8 Å². The number of benzene rings is 3. The molecule has 0 saturated heterocycles. The SMILES string of the molecule is Cc1ccc(S(=O)(=O)N(CC(=O)N2CC(=O)Nc3ccccc32)c2ccc(C)cc2C)cc1. The third-order valence-corrected chi connectivity index (χ3v) is 7.35. The fourth-order valence-electron chi connectivity index (χ4n) is 3.89. The second-order valence-corrected chi connectivity index (χ2v) is 10.0. The van der Waals surface area contributed by atoms with E-state index in [1.54, 1.807) is 42.5 Å². The van der Waals surface area contributed by atoms with E-state index in [1.165, 1.54) is 17.0 Å². The Bertz CT molecular complexity index is 1330. The van der Waals surface area contributed by atoms with E-state index in [0.29, 0.717) is 17.1 Å². The minimum absolute atomic E-state index is 0.0951. The third-order valence-electron chi connectivity index (χ3n) is 5.58. The first kappa shape index (κ1) is 22.5. The number of hydrogen-bond acceptors (Lipinski definition) is 4. The van der Waals surface area contributed by atoms with Crippen molar-refractivity contribution >= 4 is 38.9 Å². The molecule has 1 aliphatic rings. The van der Waals surface area contributed by atoms with Gasteiger partial charge in [-0.05, 0) is 56.7 Å². The Morgan fingerprint density at radius 2 is 1.64 bits per heavy atom. The zero-order valence-electron chi connectivity index (χ0n) is 18.7. The van der Waals surface area contributed by atoms with Gasteiger partial charge < -0.3 is 5.32 Å². The van der Waals surface area contributed by atoms with Crippen LogP contribution in [-0.4, -0.2) is 33.3 Å². The number of carbonyl (C=O) groups is 2. The number of nitrogens with zero attached hydrogens (tertiary/aromatic N) is 2. The first-order valence-electron chi connectivity index (χ1n) is 10.5. The number of para-hydroxylation sites is 2. The number of amides is 2. The largest absolute Gasteiger partial charge is 0.323 e. The van der Waals surface area contributed by atoms with Crippen LogP contribution in [-0.2, 0) is 19.6 Å². The molecule has 33 heavy (non-hydrogen) atoms. The molecule has 0 unspecified atom stereocenters. The molecule has 7 nitrogen and oxygen atoms in total. The average molecular weight is 464 g/mol. The molecule has 0 radical (unpaired) electrons. The number of nitrogens with one attached hydrogen (secondary N) is 1. The summed E-state index contributed by atoms with van der Waals surface area (Å²) in [7, 11) is -4.05. The minimum Gasteiger partial charge on any atom is -0.323 e. The van der Waals surface area contributed by atoms with Crippen molar-refractivity contribution in [3.63, 3.8) is 0 Å². The molecule has 0 bridgehead atoms. The van der Waals surface area contributed by atoms with Gasteiger partial charge in [0.15, 0.2) is 0 Å². The van der Waals surface area contributed by atoms with Crippen molar-refractivity contribution in [3.8, 4) is 0 Å². The molecule has 0 saturated carbocycles. The highest BCUT2D eigenvalue weighted by molar-refractivity contribution is 7.92. The van der Waals surface area contributed by atoms with Gasteiger partial charge in [0.25, 0.3) is 10.0 Å². The van der Waals surface area contributed by atoms with Gasteiger partial charge in [-0.2, -0.15) is 0 Å². The van der Waals surface area contributed by atoms with Crippen LogP contribution in [0.2, 0.25) is 0 Å². The summed E-state index contributed by atoms with van der Waals surface area (Å²) in [6, 6.07) is 18.9. The van der Waals surface area contributed by atoms with Crippen LogP contribution in [0, 0.1) is 20.8 Å². The van der Waals surface area contributed by atoms with Crippen LogP contribution in [0.3, 0.4) is 0 Å². The van der Waals surface area contributed by atoms with E-state index in [2.05, 4.69) is 5.32 Å². The van der Waals surface area contributed by atoms with Crippen LogP contribution in [0.15, 0.2) is 71.6 Å². The van der Waals surface area contributed by atoms with E-state index in [4.69, 9.17) is 0 Å². The quantitative estimate of drug-likeness (QED) is 0.624. The Hall–Kier alpha value is -3.65. The third kappa shape index (κ3) is 4.47. The van der Waals surface area contributed by atoms with Crippen molar-refractivity contribution in [2.45, 2.75) is 25.7 Å². The zero-order valence-corrected chi connectivity index (χ0v) is 19.5. The molecule has 4 rings (SSSR count). The Kier molecular flexibility index (Phi) is 5.95. The van der Waals surface area contributed by atoms with Crippen molar-refractivity contribution in [1.29, 1.82) is 0 Å². The highest BCUT2D eigenvalue weighted by Crippen LogP contribution is 2.31. The van der Waals surface area contributed by atoms with Gasteiger partial charge in [-0.25, -0.2) is 8.42 Å². The van der Waals surface area contributed by atoms with E-state index < -0.39 is 22.5 Å². The molecule has 3 aromatic carbocycles. The normalized spacial score (nSPS) is 13.3. The number of rotatable bonds is 5. The molecule has 0 fully saturated rings. The summed E-state index contributed by atoms with van der Waals surface area (Å²) in [6.45, 7) is 4.99. The summed E-state index contributed by atoms with van der Waals surface area (Å²) in [5.74, 6) is -0.825. The molecule has 0 atom stereocenters. The number of sulfonamides is 1. The topological polar surface area (TPSA) is 86.8 Å². The van der Waals surface area contributed by atoms with Crippen molar-refractivity contribution in [1.82, 2.24) is 0 Å². The molecule has 0 spiro atoms. The second kappa shape index (κ2) is 8.71. The summed E-state index contributed by atoms with van der Waals surface area (Å²) >= 11 is 0. The lowest BCUT2D eigenvalue weighted by atomic mass is 10.1. The fraction of sp³-hybridized carbons (Fsp3) is 0.200. The van der Waals surface area contributed by atoms with Crippen LogP contribution in [0.1, 0.15) is 16.7 Å². The molecule has 0 aliphatic carbocycles. The van der Waals surface area contributed by atoms with Crippen LogP contribution in [0.25, 0.3) is 0 Å². The number of fused-ring (bicyclic) bond motifs is 1. The van der Waals surface area contributed by atoms with Crippen molar-refractivity contribution < 1.29 is 18.0 Å². The summed E-state index contributed by atoms with van der Waals surface area (Å²) < 4.78 is 28.5. The molecule has 1 aliphatic heterocycles. The molecule has 1 heterocycles. The number of aryl methyl sites for hydroxylation is 3. The van der Waals surface area contributed by atoms with E-state index in [9.17, 15) is 18.0 Å². The van der Waals surface area contributed by atoms with E-state index in [0.717, 1.165) is 21.0 Å². The van der Waals surface area contributed by atoms with Crippen LogP contribution in [0.5, 0.6) is 0 Å². The molecule has 2 amide bonds. The van der Waals surface area contributed by atoms with Gasteiger partial charge in [-0.3, -0.25) is 18.8 Å². The van der Waals surface area contributed by atoms with Gasteiger partial charge >= 0.3 is 0 Å². The van der Waals surface area contributed by atoms with E-state index in [-0.39, 0.29) is 17.3 Å². The lowest BCUT2D eigenvalue weighted by molar-refractivity contribution is -0.121. The van der Waals surface area contributed by atoms with Gasteiger partial charge in [-0.1, -0.05) is 47.5 Å². The predicted molar refractivity (Wildman–Crippen MR) is 129 cm³/mol. The maximum atomic E-state index is 13.7. The van der Waals surface area contributed by atoms with Gasteiger partial charge in [0, 0.05) is 0 Å². The van der Waals surface area contributed by atoms with Gasteiger partial charge in [0.05, 0.1) is 22.0 Å². The zero-order chi connectivity index (χ0) is 23.8. The Morgan fingerprint density at radius 1 is 0.970 bits per heavy atom. The standard InChI is InChI=1S/C25H25N3O4S/c1-17-8-11-20(12-9-17)33(31,32)28(22-13-10-18(2)14-19(22)3)16-25(30)27-15-24(29)26-21-6-4-5-7-23(21)27/h4-14H,15-16H2,1-3H3,(H,26,29). The lowest BCUT2D eigenvalue weighted by Crippen LogP contribution is -2.48. The highest BCUT2D eigenvalue weighted by atomic mass is 32.2. The monoisotopic (exact) mass is 463 g/mol. The Labute approximate surface area is 193 Å². The summed E-state index contributed by atoms with van der Waals surface area (Å²) in [4.78, 5) is 27.1. The van der Waals surface area contributed by atoms with Crippen LogP contribution >= 0.6 is 0 Å². The van der Waals surface area contributed by atoms with Crippen molar-refractivity contribution in [2.75, 3.05) is 27.6 Å². The summed E-state index contributed by atoms with van der Waals surface area (Å²) in [5, 5.41) is 2.74. The van der Waals surface area contributed by atoms with Crippen molar-refractivity contribution in [2.24, 2.45) is 0 Å². The second-order valence-electron chi connectivity index (χ2n) is 8.16. The molecule has 1 N–H and O–H groups in total. The molecule has 170 valence electrons. The number of carbonyl (C=O) groups excluding carboxylic acids is 2. The smallest absolute Gasteiger partial charge is 0.264 e. The minimum atomic E-state index is -4.05. The Balaban J connectivity index is 1.77. The summed E-state index contributed by atoms with van der Waals surface area (Å²) in [6.07, 6.45) is 0. The lowest BCUT2D eigenvalue weighted by Gasteiger charge is -2.32. The van der Waals surface area contributed by atoms with Gasteiger partial charge in [-0.15, -0.1) is 0 Å². The first-order chi connectivity index (χ1) is 15.7. The molecule has 8 heteroatoms. The predicted octanol–water partition coefficient (Wildman–Crippen LogP) is 3.79.